The maximum absolute atomic E-state index is 14.0. The molecule has 1 heterocycles. The monoisotopic (exact) mass is 494 g/mol. The van der Waals surface area contributed by atoms with Gasteiger partial charge in [0.15, 0.2) is 5.78 Å². The molecule has 35 heavy (non-hydrogen) atoms. The van der Waals surface area contributed by atoms with Gasteiger partial charge in [-0.25, -0.2) is 4.39 Å². The molecule has 0 atom stereocenters. The minimum atomic E-state index is -0.634. The summed E-state index contributed by atoms with van der Waals surface area (Å²) >= 11 is 5.90. The summed E-state index contributed by atoms with van der Waals surface area (Å²) in [4.78, 5) is 39.1. The minimum absolute atomic E-state index is 0.0133. The number of anilines is 1. The van der Waals surface area contributed by atoms with E-state index >= 15 is 0 Å². The maximum atomic E-state index is 14.0. The number of ketones is 1. The number of nitrogens with zero attached hydrogens (tertiary/aromatic N) is 1. The fraction of sp³-hybridized carbons (Fsp3) is 0.115. The molecule has 4 aromatic rings. The van der Waals surface area contributed by atoms with Gasteiger partial charge in [0.05, 0.1) is 25.3 Å². The number of carbonyl (C=O) groups excluding carboxylic acids is 2. The lowest BCUT2D eigenvalue weighted by Gasteiger charge is -2.14. The number of nitrogens with one attached hydrogen (secondary N) is 1. The predicted molar refractivity (Wildman–Crippen MR) is 131 cm³/mol. The van der Waals surface area contributed by atoms with Crippen LogP contribution in [0.3, 0.4) is 0 Å². The molecule has 1 N–H and O–H groups in total. The van der Waals surface area contributed by atoms with Crippen LogP contribution in [0.1, 0.15) is 15.9 Å². The van der Waals surface area contributed by atoms with Gasteiger partial charge in [-0.05, 0) is 42.5 Å². The predicted octanol–water partition coefficient (Wildman–Crippen LogP) is 4.68. The van der Waals surface area contributed by atoms with Gasteiger partial charge in [0.25, 0.3) is 0 Å². The van der Waals surface area contributed by atoms with Crippen molar-refractivity contribution in [2.45, 2.75) is 6.54 Å². The first kappa shape index (κ1) is 24.0. The average Bonchev–Trinajstić information content (AvgIpc) is 2.85. The number of carbonyl (C=O) groups is 2. The third-order valence-electron chi connectivity index (χ3n) is 5.34. The van der Waals surface area contributed by atoms with E-state index in [9.17, 15) is 18.8 Å². The molecule has 1 aromatic heterocycles. The van der Waals surface area contributed by atoms with Crippen molar-refractivity contribution < 1.29 is 23.5 Å². The standard InChI is InChI=1S/C26H20ClFN2O5/c1-34-19-10-18(11-20(12-19)35-2)29-24(31)14-30-13-22(25(32)15-3-5-16(27)6-4-15)26(33)21-9-17(28)7-8-23(21)30/h3-13H,14H2,1-2H3,(H,29,31). The van der Waals surface area contributed by atoms with Crippen LogP contribution >= 0.6 is 11.6 Å². The van der Waals surface area contributed by atoms with Crippen LogP contribution in [0.2, 0.25) is 5.02 Å². The van der Waals surface area contributed by atoms with E-state index < -0.39 is 22.9 Å². The van der Waals surface area contributed by atoms with E-state index in [-0.39, 0.29) is 23.1 Å². The van der Waals surface area contributed by atoms with Crippen LogP contribution in [0.15, 0.2) is 71.7 Å². The molecule has 0 saturated carbocycles. The summed E-state index contributed by atoms with van der Waals surface area (Å²) in [6, 6.07) is 14.6. The van der Waals surface area contributed by atoms with Crippen molar-refractivity contribution >= 4 is 39.9 Å². The number of pyridine rings is 1. The van der Waals surface area contributed by atoms with Crippen LogP contribution in [0, 0.1) is 5.82 Å². The smallest absolute Gasteiger partial charge is 0.244 e. The number of halogens is 2. The molecule has 3 aromatic carbocycles. The second-order valence-corrected chi connectivity index (χ2v) is 8.08. The summed E-state index contributed by atoms with van der Waals surface area (Å²) in [6.07, 6.45) is 1.31. The largest absolute Gasteiger partial charge is 0.497 e. The Kier molecular flexibility index (Phi) is 6.84. The highest BCUT2D eigenvalue weighted by Crippen LogP contribution is 2.26. The van der Waals surface area contributed by atoms with Gasteiger partial charge in [-0.2, -0.15) is 0 Å². The van der Waals surface area contributed by atoms with Gasteiger partial charge in [-0.3, -0.25) is 14.4 Å². The molecule has 7 nitrogen and oxygen atoms in total. The molecule has 0 aliphatic carbocycles. The van der Waals surface area contributed by atoms with E-state index in [1.54, 1.807) is 18.2 Å². The number of hydrogen-bond donors (Lipinski definition) is 1. The van der Waals surface area contributed by atoms with Crippen LogP contribution in [0.4, 0.5) is 10.1 Å². The number of benzene rings is 3. The van der Waals surface area contributed by atoms with E-state index in [1.807, 2.05) is 0 Å². The maximum Gasteiger partial charge on any atom is 0.244 e. The first-order valence-electron chi connectivity index (χ1n) is 10.4. The molecule has 0 saturated heterocycles. The van der Waals surface area contributed by atoms with Crippen molar-refractivity contribution in [1.82, 2.24) is 4.57 Å². The normalized spacial score (nSPS) is 10.7. The summed E-state index contributed by atoms with van der Waals surface area (Å²) < 4.78 is 25.9. The number of methoxy groups -OCH3 is 2. The van der Waals surface area contributed by atoms with Crippen LogP contribution < -0.4 is 20.2 Å². The van der Waals surface area contributed by atoms with E-state index in [2.05, 4.69) is 5.32 Å². The molecule has 0 unspecified atom stereocenters. The molecule has 0 radical (unpaired) electrons. The Bertz CT molecular complexity index is 1480. The third-order valence-corrected chi connectivity index (χ3v) is 5.59. The Morgan fingerprint density at radius 2 is 1.63 bits per heavy atom. The molecule has 4 rings (SSSR count). The van der Waals surface area contributed by atoms with Gasteiger partial charge in [0.2, 0.25) is 11.3 Å². The topological polar surface area (TPSA) is 86.6 Å². The van der Waals surface area contributed by atoms with Gasteiger partial charge >= 0.3 is 0 Å². The lowest BCUT2D eigenvalue weighted by molar-refractivity contribution is -0.116. The highest BCUT2D eigenvalue weighted by atomic mass is 35.5. The second kappa shape index (κ2) is 9.99. The van der Waals surface area contributed by atoms with Crippen LogP contribution in [0.5, 0.6) is 11.5 Å². The van der Waals surface area contributed by atoms with Crippen molar-refractivity contribution in [3.05, 3.63) is 99.1 Å². The number of fused-ring (bicyclic) bond motifs is 1. The van der Waals surface area contributed by atoms with Crippen molar-refractivity contribution in [3.8, 4) is 11.5 Å². The van der Waals surface area contributed by atoms with Gasteiger partial charge in [0.1, 0.15) is 23.9 Å². The fourth-order valence-corrected chi connectivity index (χ4v) is 3.78. The van der Waals surface area contributed by atoms with E-state index in [0.29, 0.717) is 27.7 Å². The summed E-state index contributed by atoms with van der Waals surface area (Å²) in [7, 11) is 2.98. The molecule has 178 valence electrons. The molecule has 0 spiro atoms. The quantitative estimate of drug-likeness (QED) is 0.377. The number of amides is 1. The zero-order chi connectivity index (χ0) is 25.1. The first-order valence-corrected chi connectivity index (χ1v) is 10.8. The Morgan fingerprint density at radius 1 is 0.971 bits per heavy atom. The number of ether oxygens (including phenoxy) is 2. The SMILES string of the molecule is COc1cc(NC(=O)Cn2cc(C(=O)c3ccc(Cl)cc3)c(=O)c3cc(F)ccc32)cc(OC)c1. The van der Waals surface area contributed by atoms with Gasteiger partial charge in [-0.15, -0.1) is 0 Å². The number of hydrogen-bond acceptors (Lipinski definition) is 5. The summed E-state index contributed by atoms with van der Waals surface area (Å²) in [5, 5.41) is 3.17. The summed E-state index contributed by atoms with van der Waals surface area (Å²) in [5.74, 6) is -0.672. The highest BCUT2D eigenvalue weighted by molar-refractivity contribution is 6.30. The number of rotatable bonds is 7. The molecule has 0 bridgehead atoms. The van der Waals surface area contributed by atoms with Crippen molar-refractivity contribution in [1.29, 1.82) is 0 Å². The van der Waals surface area contributed by atoms with Crippen molar-refractivity contribution in [2.75, 3.05) is 19.5 Å². The Labute approximate surface area is 204 Å². The van der Waals surface area contributed by atoms with E-state index in [4.69, 9.17) is 21.1 Å². The van der Waals surface area contributed by atoms with Gasteiger partial charge < -0.3 is 19.4 Å². The molecular formula is C26H20ClFN2O5. The lowest BCUT2D eigenvalue weighted by atomic mass is 10.0. The van der Waals surface area contributed by atoms with E-state index in [0.717, 1.165) is 6.07 Å². The Hall–Kier alpha value is -4.17. The molecule has 9 heteroatoms. The van der Waals surface area contributed by atoms with Crippen molar-refractivity contribution in [3.63, 3.8) is 0 Å². The zero-order valence-electron chi connectivity index (χ0n) is 18.8. The van der Waals surface area contributed by atoms with Crippen LogP contribution in [-0.2, 0) is 11.3 Å². The number of aromatic nitrogens is 1. The minimum Gasteiger partial charge on any atom is -0.497 e. The van der Waals surface area contributed by atoms with Gasteiger partial charge in [-0.1, -0.05) is 11.6 Å². The average molecular weight is 495 g/mol. The molecule has 0 aliphatic heterocycles. The molecular weight excluding hydrogens is 475 g/mol. The third kappa shape index (κ3) is 5.17. The second-order valence-electron chi connectivity index (χ2n) is 7.65. The summed E-state index contributed by atoms with van der Waals surface area (Å²) in [6.45, 7) is -0.247. The highest BCUT2D eigenvalue weighted by Gasteiger charge is 2.19. The van der Waals surface area contributed by atoms with E-state index in [1.165, 1.54) is 61.4 Å². The molecule has 1 amide bonds. The van der Waals surface area contributed by atoms with Crippen LogP contribution in [0.25, 0.3) is 10.9 Å². The Morgan fingerprint density at radius 3 is 2.26 bits per heavy atom. The fourth-order valence-electron chi connectivity index (χ4n) is 3.65. The molecule has 0 aliphatic rings. The molecule has 0 fully saturated rings. The van der Waals surface area contributed by atoms with Gasteiger partial charge in [0, 0.05) is 46.1 Å². The summed E-state index contributed by atoms with van der Waals surface area (Å²) in [5.41, 5.74) is 0.152. The zero-order valence-corrected chi connectivity index (χ0v) is 19.6. The van der Waals surface area contributed by atoms with Crippen LogP contribution in [-0.4, -0.2) is 30.5 Å². The van der Waals surface area contributed by atoms with Crippen molar-refractivity contribution in [2.24, 2.45) is 0 Å². The lowest BCUT2D eigenvalue weighted by Crippen LogP contribution is -2.24. The Balaban J connectivity index is 1.73. The first-order chi connectivity index (χ1) is 16.8.